The summed E-state index contributed by atoms with van der Waals surface area (Å²) in [5.41, 5.74) is -0.638. The van der Waals surface area contributed by atoms with Crippen LogP contribution in [0, 0.1) is 17.7 Å². The summed E-state index contributed by atoms with van der Waals surface area (Å²) in [4.78, 5) is 17.1. The summed E-state index contributed by atoms with van der Waals surface area (Å²) < 4.78 is 53.2. The first-order valence-corrected chi connectivity index (χ1v) is 12.9. The van der Waals surface area contributed by atoms with E-state index in [1.165, 1.54) is 18.2 Å². The number of piperidine rings is 1. The van der Waals surface area contributed by atoms with Gasteiger partial charge in [-0.1, -0.05) is 0 Å². The molecular weight excluding hydrogens is 504 g/mol. The lowest BCUT2D eigenvalue weighted by Crippen LogP contribution is -2.43. The van der Waals surface area contributed by atoms with Gasteiger partial charge in [-0.2, -0.15) is 13.2 Å². The molecule has 0 bridgehead atoms. The molecule has 1 amide bonds. The van der Waals surface area contributed by atoms with Crippen molar-refractivity contribution in [1.29, 1.82) is 0 Å². The highest BCUT2D eigenvalue weighted by molar-refractivity contribution is 5.79. The van der Waals surface area contributed by atoms with Gasteiger partial charge in [0.1, 0.15) is 11.5 Å². The topological polar surface area (TPSA) is 79.3 Å². The van der Waals surface area contributed by atoms with Crippen LogP contribution in [0.4, 0.5) is 34.6 Å². The van der Waals surface area contributed by atoms with Crippen LogP contribution in [-0.4, -0.2) is 53.9 Å². The molecule has 2 aromatic carbocycles. The number of carbonyl (C=O) groups is 1. The molecule has 0 radical (unpaired) electrons. The summed E-state index contributed by atoms with van der Waals surface area (Å²) in [6, 6.07) is 9.70. The Morgan fingerprint density at radius 3 is 2.21 bits per heavy atom. The Bertz CT molecular complexity index is 1080. The molecule has 0 spiro atoms. The molecule has 1 aliphatic heterocycles. The minimum absolute atomic E-state index is 0.00524. The number of hydrogen-bond acceptors (Lipinski definition) is 6. The number of alkyl halides is 3. The van der Waals surface area contributed by atoms with Crippen LogP contribution in [0.3, 0.4) is 0 Å². The van der Waals surface area contributed by atoms with Crippen molar-refractivity contribution >= 4 is 23.0 Å². The molecular formula is C27H34F4N4O3. The lowest BCUT2D eigenvalue weighted by atomic mass is 9.85. The van der Waals surface area contributed by atoms with Gasteiger partial charge in [0.15, 0.2) is 0 Å². The van der Waals surface area contributed by atoms with Gasteiger partial charge >= 0.3 is 6.18 Å². The Balaban J connectivity index is 1.23. The Morgan fingerprint density at radius 2 is 1.63 bits per heavy atom. The van der Waals surface area contributed by atoms with Gasteiger partial charge in [0.05, 0.1) is 5.56 Å². The molecule has 1 heterocycles. The number of carbonyl (C=O) groups excluding carboxylic acids is 1. The molecule has 38 heavy (non-hydrogen) atoms. The zero-order valence-electron chi connectivity index (χ0n) is 21.3. The number of nitrogens with one attached hydrogen (secondary N) is 1. The highest BCUT2D eigenvalue weighted by Gasteiger charge is 2.36. The molecule has 0 atom stereocenters. The maximum atomic E-state index is 13.3. The third-order valence-electron chi connectivity index (χ3n) is 7.68. The van der Waals surface area contributed by atoms with Crippen LogP contribution in [0.5, 0.6) is 0 Å². The van der Waals surface area contributed by atoms with Crippen LogP contribution in [0.25, 0.3) is 0 Å². The van der Waals surface area contributed by atoms with Gasteiger partial charge in [-0.05, 0) is 86.9 Å². The third-order valence-corrected chi connectivity index (χ3v) is 7.68. The Kier molecular flexibility index (Phi) is 8.67. The van der Waals surface area contributed by atoms with Gasteiger partial charge in [-0.3, -0.25) is 15.2 Å². The molecule has 0 unspecified atom stereocenters. The van der Waals surface area contributed by atoms with Crippen molar-refractivity contribution in [1.82, 2.24) is 4.90 Å². The summed E-state index contributed by atoms with van der Waals surface area (Å²) in [5.74, 6) is 0.170. The first kappa shape index (κ1) is 28.0. The highest BCUT2D eigenvalue weighted by Crippen LogP contribution is 2.38. The van der Waals surface area contributed by atoms with E-state index in [2.05, 4.69) is 10.2 Å². The molecule has 7 nitrogen and oxygen atoms in total. The number of amides is 1. The molecule has 2 aromatic rings. The van der Waals surface area contributed by atoms with Crippen LogP contribution < -0.4 is 15.4 Å². The van der Waals surface area contributed by atoms with Gasteiger partial charge in [0, 0.05) is 50.0 Å². The summed E-state index contributed by atoms with van der Waals surface area (Å²) in [5, 5.41) is 20.8. The van der Waals surface area contributed by atoms with Gasteiger partial charge in [0.2, 0.25) is 5.91 Å². The summed E-state index contributed by atoms with van der Waals surface area (Å²) >= 11 is 0. The maximum Gasteiger partial charge on any atom is 0.418 e. The second-order valence-corrected chi connectivity index (χ2v) is 10.3. The molecule has 4 rings (SSSR count). The Labute approximate surface area is 219 Å². The fourth-order valence-corrected chi connectivity index (χ4v) is 5.58. The minimum atomic E-state index is -4.73. The standard InChI is InChI=1S/C27H34F4N4O3/c1-33(26(36)19-12-14-34(15-13-19)23-9-4-20(28)5-10-23)17-18-2-6-21(7-3-18)32-22-8-11-25(35(37)38)24(16-22)27(29,30)31/h4-5,8-11,16,18-19,21,32,37-38H,2-3,6-7,12-15,17H2,1H3. The summed E-state index contributed by atoms with van der Waals surface area (Å²) in [6.45, 7) is 2.15. The number of benzene rings is 2. The van der Waals surface area contributed by atoms with Crippen molar-refractivity contribution in [3.63, 3.8) is 0 Å². The van der Waals surface area contributed by atoms with Crippen molar-refractivity contribution in [2.45, 2.75) is 50.7 Å². The normalized spacial score (nSPS) is 20.8. The third kappa shape index (κ3) is 6.87. The van der Waals surface area contributed by atoms with E-state index in [4.69, 9.17) is 10.4 Å². The number of hydrogen-bond donors (Lipinski definition) is 3. The molecule has 2 fully saturated rings. The van der Waals surface area contributed by atoms with Crippen molar-refractivity contribution in [3.8, 4) is 0 Å². The van der Waals surface area contributed by atoms with Gasteiger partial charge in [0.25, 0.3) is 0 Å². The first-order chi connectivity index (χ1) is 18.0. The van der Waals surface area contributed by atoms with Crippen LogP contribution in [-0.2, 0) is 11.0 Å². The van der Waals surface area contributed by atoms with Crippen molar-refractivity contribution in [3.05, 3.63) is 53.8 Å². The van der Waals surface area contributed by atoms with E-state index in [0.29, 0.717) is 12.5 Å². The van der Waals surface area contributed by atoms with Gasteiger partial charge in [-0.15, -0.1) is 5.23 Å². The van der Waals surface area contributed by atoms with Crippen molar-refractivity contribution in [2.75, 3.05) is 42.1 Å². The van der Waals surface area contributed by atoms with Crippen LogP contribution in [0.2, 0.25) is 0 Å². The first-order valence-electron chi connectivity index (χ1n) is 12.9. The molecule has 208 valence electrons. The van der Waals surface area contributed by atoms with E-state index >= 15 is 0 Å². The Hall–Kier alpha value is -3.05. The van der Waals surface area contributed by atoms with E-state index in [1.807, 2.05) is 11.9 Å². The number of anilines is 3. The van der Waals surface area contributed by atoms with Crippen LogP contribution >= 0.6 is 0 Å². The number of nitrogens with zero attached hydrogens (tertiary/aromatic N) is 3. The average Bonchev–Trinajstić information content (AvgIpc) is 2.89. The molecule has 0 aromatic heterocycles. The van der Waals surface area contributed by atoms with E-state index in [0.717, 1.165) is 69.4 Å². The summed E-state index contributed by atoms with van der Waals surface area (Å²) in [6.07, 6.45) is -0.00727. The van der Waals surface area contributed by atoms with Crippen LogP contribution in [0.15, 0.2) is 42.5 Å². The average molecular weight is 539 g/mol. The minimum Gasteiger partial charge on any atom is -0.382 e. The monoisotopic (exact) mass is 538 g/mol. The molecule has 1 saturated heterocycles. The predicted molar refractivity (Wildman–Crippen MR) is 136 cm³/mol. The fourth-order valence-electron chi connectivity index (χ4n) is 5.58. The quantitative estimate of drug-likeness (QED) is 0.307. The Morgan fingerprint density at radius 1 is 1.00 bits per heavy atom. The van der Waals surface area contributed by atoms with E-state index in [-0.39, 0.29) is 29.4 Å². The molecule has 1 aliphatic carbocycles. The van der Waals surface area contributed by atoms with E-state index in [9.17, 15) is 22.4 Å². The lowest BCUT2D eigenvalue weighted by molar-refractivity contribution is -0.138. The van der Waals surface area contributed by atoms with E-state index < -0.39 is 22.7 Å². The van der Waals surface area contributed by atoms with Gasteiger partial charge in [-0.25, -0.2) is 4.39 Å². The molecule has 1 saturated carbocycles. The zero-order valence-corrected chi connectivity index (χ0v) is 21.3. The maximum absolute atomic E-state index is 13.3. The highest BCUT2D eigenvalue weighted by atomic mass is 19.4. The van der Waals surface area contributed by atoms with Crippen LogP contribution in [0.1, 0.15) is 44.1 Å². The smallest absolute Gasteiger partial charge is 0.382 e. The SMILES string of the molecule is CN(CC1CCC(Nc2ccc(N(O)O)c(C(F)(F)F)c2)CC1)C(=O)C1CCN(c2ccc(F)cc2)CC1. The largest absolute Gasteiger partial charge is 0.418 e. The molecule has 2 aliphatic rings. The molecule has 3 N–H and O–H groups in total. The lowest BCUT2D eigenvalue weighted by Gasteiger charge is -2.36. The van der Waals surface area contributed by atoms with Crippen molar-refractivity contribution < 1.29 is 32.8 Å². The second kappa shape index (κ2) is 11.8. The summed E-state index contributed by atoms with van der Waals surface area (Å²) in [7, 11) is 1.84. The van der Waals surface area contributed by atoms with E-state index in [1.54, 1.807) is 12.1 Å². The number of halogens is 4. The van der Waals surface area contributed by atoms with Gasteiger partial charge < -0.3 is 15.1 Å². The zero-order chi connectivity index (χ0) is 27.4. The second-order valence-electron chi connectivity index (χ2n) is 10.3. The molecule has 11 heteroatoms. The fraction of sp³-hybridized carbons (Fsp3) is 0.519. The van der Waals surface area contributed by atoms with Crippen molar-refractivity contribution in [2.24, 2.45) is 11.8 Å². The number of rotatable bonds is 7. The predicted octanol–water partition coefficient (Wildman–Crippen LogP) is 5.78.